The fourth-order valence-corrected chi connectivity index (χ4v) is 3.91. The maximum absolute atomic E-state index is 12.5. The Hall–Kier alpha value is -2.32. The monoisotopic (exact) mass is 451 g/mol. The average molecular weight is 452 g/mol. The summed E-state index contributed by atoms with van der Waals surface area (Å²) in [6.45, 7) is 1.59. The van der Waals surface area contributed by atoms with Crippen molar-refractivity contribution in [3.8, 4) is 22.8 Å². The molecule has 1 fully saturated rings. The van der Waals surface area contributed by atoms with Crippen LogP contribution in [0.1, 0.15) is 18.4 Å². The zero-order chi connectivity index (χ0) is 20.3. The maximum Gasteiger partial charge on any atom is 0.340 e. The lowest BCUT2D eigenvalue weighted by molar-refractivity contribution is -0.143. The molecule has 1 unspecified atom stereocenters. The minimum absolute atomic E-state index is 0.375. The second kappa shape index (κ2) is 8.79. The fraction of sp³-hybridized carbons (Fsp3) is 0.400. The molecule has 2 heterocycles. The van der Waals surface area contributed by atoms with Crippen LogP contribution in [0.15, 0.2) is 37.9 Å². The Morgan fingerprint density at radius 2 is 2.00 bits per heavy atom. The molecular weight excluding hydrogens is 430 g/mol. The van der Waals surface area contributed by atoms with Gasteiger partial charge < -0.3 is 19.0 Å². The maximum atomic E-state index is 12.5. The van der Waals surface area contributed by atoms with E-state index in [1.165, 1.54) is 7.11 Å². The third kappa shape index (κ3) is 4.39. The molecule has 1 aromatic heterocycles. The van der Waals surface area contributed by atoms with Crippen LogP contribution in [0.5, 0.6) is 11.5 Å². The van der Waals surface area contributed by atoms with Gasteiger partial charge in [-0.1, -0.05) is 0 Å². The van der Waals surface area contributed by atoms with Gasteiger partial charge in [0.05, 0.1) is 25.7 Å². The zero-order valence-corrected chi connectivity index (χ0v) is 17.3. The lowest BCUT2D eigenvalue weighted by atomic mass is 9.98. The van der Waals surface area contributed by atoms with Crippen LogP contribution in [0, 0.1) is 5.92 Å². The Kier molecular flexibility index (Phi) is 6.41. The van der Waals surface area contributed by atoms with Crippen LogP contribution < -0.4 is 15.1 Å². The smallest absolute Gasteiger partial charge is 0.340 e. The Morgan fingerprint density at radius 3 is 2.64 bits per heavy atom. The second-order valence-corrected chi connectivity index (χ2v) is 7.57. The molecule has 1 atom stereocenters. The molecular formula is C20H22BrNO6. The highest BCUT2D eigenvalue weighted by molar-refractivity contribution is 9.10. The Bertz CT molecular complexity index is 925. The highest BCUT2D eigenvalue weighted by Crippen LogP contribution is 2.38. The van der Waals surface area contributed by atoms with E-state index in [1.54, 1.807) is 31.4 Å². The predicted octanol–water partition coefficient (Wildman–Crippen LogP) is 3.38. The second-order valence-electron chi connectivity index (χ2n) is 6.71. The first kappa shape index (κ1) is 20.4. The lowest BCUT2D eigenvalue weighted by Crippen LogP contribution is -2.39. The molecule has 150 valence electrons. The SMILES string of the molecule is COc1cc(Br)c(-c2ccc(CN3CCCC(C(=O)O)C3)c(=O)o2)cc1OC. The number of aliphatic carboxylic acids is 1. The van der Waals surface area contributed by atoms with Crippen LogP contribution in [0.3, 0.4) is 0 Å². The van der Waals surface area contributed by atoms with Crippen molar-refractivity contribution in [3.05, 3.63) is 44.7 Å². The molecule has 7 nitrogen and oxygen atoms in total. The number of hydrogen-bond acceptors (Lipinski definition) is 6. The first-order valence-electron chi connectivity index (χ1n) is 8.93. The van der Waals surface area contributed by atoms with E-state index in [4.69, 9.17) is 13.9 Å². The molecule has 1 saturated heterocycles. The van der Waals surface area contributed by atoms with Crippen molar-refractivity contribution in [2.75, 3.05) is 27.3 Å². The first-order chi connectivity index (χ1) is 13.4. The number of carboxylic acids is 1. The largest absolute Gasteiger partial charge is 0.493 e. The van der Waals surface area contributed by atoms with Crippen LogP contribution in [-0.2, 0) is 11.3 Å². The quantitative estimate of drug-likeness (QED) is 0.719. The summed E-state index contributed by atoms with van der Waals surface area (Å²) in [4.78, 5) is 25.7. The fourth-order valence-electron chi connectivity index (χ4n) is 3.39. The van der Waals surface area contributed by atoms with Gasteiger partial charge in [0, 0.05) is 23.1 Å². The Balaban J connectivity index is 1.83. The Labute approximate surface area is 171 Å². The van der Waals surface area contributed by atoms with E-state index in [0.29, 0.717) is 52.4 Å². The third-order valence-corrected chi connectivity index (χ3v) is 5.54. The predicted molar refractivity (Wildman–Crippen MR) is 107 cm³/mol. The molecule has 0 radical (unpaired) electrons. The number of carbonyl (C=O) groups is 1. The Morgan fingerprint density at radius 1 is 1.29 bits per heavy atom. The van der Waals surface area contributed by atoms with E-state index < -0.39 is 11.6 Å². The van der Waals surface area contributed by atoms with E-state index in [0.717, 1.165) is 13.0 Å². The van der Waals surface area contributed by atoms with Crippen molar-refractivity contribution < 1.29 is 23.8 Å². The van der Waals surface area contributed by atoms with Crippen LogP contribution in [0.4, 0.5) is 0 Å². The summed E-state index contributed by atoms with van der Waals surface area (Å²) >= 11 is 3.47. The third-order valence-electron chi connectivity index (χ3n) is 4.89. The average Bonchev–Trinajstić information content (AvgIpc) is 2.69. The van der Waals surface area contributed by atoms with Crippen molar-refractivity contribution in [1.82, 2.24) is 4.90 Å². The van der Waals surface area contributed by atoms with Crippen molar-refractivity contribution >= 4 is 21.9 Å². The number of methoxy groups -OCH3 is 2. The molecule has 0 saturated carbocycles. The normalized spacial score (nSPS) is 17.3. The van der Waals surface area contributed by atoms with Gasteiger partial charge in [-0.25, -0.2) is 4.79 Å². The van der Waals surface area contributed by atoms with E-state index in [2.05, 4.69) is 15.9 Å². The topological polar surface area (TPSA) is 89.2 Å². The number of halogens is 1. The molecule has 28 heavy (non-hydrogen) atoms. The van der Waals surface area contributed by atoms with Gasteiger partial charge in [-0.2, -0.15) is 0 Å². The van der Waals surface area contributed by atoms with Crippen molar-refractivity contribution in [3.63, 3.8) is 0 Å². The minimum atomic E-state index is -0.787. The molecule has 1 aliphatic heterocycles. The van der Waals surface area contributed by atoms with Crippen LogP contribution in [0.2, 0.25) is 0 Å². The van der Waals surface area contributed by atoms with Crippen molar-refractivity contribution in [2.24, 2.45) is 5.92 Å². The van der Waals surface area contributed by atoms with Crippen LogP contribution in [-0.4, -0.2) is 43.3 Å². The molecule has 0 bridgehead atoms. The summed E-state index contributed by atoms with van der Waals surface area (Å²) in [7, 11) is 3.09. The number of likely N-dealkylation sites (tertiary alicyclic amines) is 1. The number of piperidine rings is 1. The number of carboxylic acid groups (broad SMARTS) is 1. The van der Waals surface area contributed by atoms with Crippen molar-refractivity contribution in [2.45, 2.75) is 19.4 Å². The number of nitrogens with zero attached hydrogens (tertiary/aromatic N) is 1. The molecule has 0 spiro atoms. The summed E-state index contributed by atoms with van der Waals surface area (Å²) in [5.74, 6) is 0.326. The van der Waals surface area contributed by atoms with Gasteiger partial charge in [0.1, 0.15) is 5.76 Å². The first-order valence-corrected chi connectivity index (χ1v) is 9.72. The van der Waals surface area contributed by atoms with Gasteiger partial charge in [-0.15, -0.1) is 0 Å². The standard InChI is InChI=1S/C20H22BrNO6/c1-26-17-8-14(15(21)9-18(17)27-2)16-6-5-13(20(25)28-16)11-22-7-3-4-12(10-22)19(23)24/h5-6,8-9,12H,3-4,7,10-11H2,1-2H3,(H,23,24). The van der Waals surface area contributed by atoms with Gasteiger partial charge in [0.25, 0.3) is 0 Å². The van der Waals surface area contributed by atoms with Gasteiger partial charge in [-0.3, -0.25) is 9.69 Å². The van der Waals surface area contributed by atoms with Gasteiger partial charge in [0.2, 0.25) is 0 Å². The summed E-state index contributed by atoms with van der Waals surface area (Å²) in [6, 6.07) is 6.96. The number of rotatable bonds is 6. The van der Waals surface area contributed by atoms with E-state index >= 15 is 0 Å². The molecule has 0 aliphatic carbocycles. The summed E-state index contributed by atoms with van der Waals surface area (Å²) < 4.78 is 16.8. The van der Waals surface area contributed by atoms with Gasteiger partial charge in [-0.05, 0) is 59.6 Å². The molecule has 1 N–H and O–H groups in total. The highest BCUT2D eigenvalue weighted by Gasteiger charge is 2.26. The summed E-state index contributed by atoms with van der Waals surface area (Å²) in [5, 5.41) is 9.21. The molecule has 1 aromatic carbocycles. The minimum Gasteiger partial charge on any atom is -0.493 e. The molecule has 3 rings (SSSR count). The van der Waals surface area contributed by atoms with Crippen molar-refractivity contribution in [1.29, 1.82) is 0 Å². The van der Waals surface area contributed by atoms with Crippen LogP contribution in [0.25, 0.3) is 11.3 Å². The zero-order valence-electron chi connectivity index (χ0n) is 15.7. The molecule has 2 aromatic rings. The highest BCUT2D eigenvalue weighted by atomic mass is 79.9. The molecule has 0 amide bonds. The van der Waals surface area contributed by atoms with E-state index in [1.807, 2.05) is 4.90 Å². The van der Waals surface area contributed by atoms with E-state index in [-0.39, 0.29) is 5.92 Å². The lowest BCUT2D eigenvalue weighted by Gasteiger charge is -2.30. The number of hydrogen-bond donors (Lipinski definition) is 1. The number of benzene rings is 1. The number of ether oxygens (including phenoxy) is 2. The summed E-state index contributed by atoms with van der Waals surface area (Å²) in [6.07, 6.45) is 1.48. The molecule has 1 aliphatic rings. The van der Waals surface area contributed by atoms with Crippen LogP contribution >= 0.6 is 15.9 Å². The molecule has 8 heteroatoms. The van der Waals surface area contributed by atoms with Gasteiger partial charge in [0.15, 0.2) is 11.5 Å². The summed E-state index contributed by atoms with van der Waals surface area (Å²) in [5.41, 5.74) is 0.744. The van der Waals surface area contributed by atoms with E-state index in [9.17, 15) is 14.7 Å². The van der Waals surface area contributed by atoms with Gasteiger partial charge >= 0.3 is 11.6 Å².